The molecule has 0 aliphatic heterocycles. The summed E-state index contributed by atoms with van der Waals surface area (Å²) in [5.41, 5.74) is 0. The monoisotopic (exact) mass is 239 g/mol. The highest BCUT2D eigenvalue weighted by Gasteiger charge is 2.01. The van der Waals surface area contributed by atoms with E-state index in [-0.39, 0.29) is 0 Å². The second-order valence-corrected chi connectivity index (χ2v) is 5.11. The third kappa shape index (κ3) is 24.8. The fraction of sp³-hybridized carbons (Fsp3) is 1.00. The minimum absolute atomic E-state index is 0.604. The maximum Gasteiger partial charge on any atom is 0.0916 e. The maximum absolute atomic E-state index is 9.08. The van der Waals surface area contributed by atoms with Gasteiger partial charge in [-0.1, -0.05) is 20.8 Å². The summed E-state index contributed by atoms with van der Waals surface area (Å²) < 4.78 is 27.2. The van der Waals surface area contributed by atoms with Gasteiger partial charge in [-0.25, -0.2) is 8.42 Å². The lowest BCUT2D eigenvalue weighted by Crippen LogP contribution is -3.11. The molecule has 0 aliphatic carbocycles. The Hall–Kier alpha value is -0.130. The normalized spacial score (nSPS) is 11.1. The van der Waals surface area contributed by atoms with Crippen LogP contribution in [-0.2, 0) is 10.1 Å². The third-order valence-electron chi connectivity index (χ3n) is 1.81. The quantitative estimate of drug-likeness (QED) is 0.677. The van der Waals surface area contributed by atoms with Crippen LogP contribution in [0.25, 0.3) is 0 Å². The van der Waals surface area contributed by atoms with E-state index in [2.05, 4.69) is 20.8 Å². The van der Waals surface area contributed by atoms with Crippen LogP contribution in [0.1, 0.15) is 40.0 Å². The summed E-state index contributed by atoms with van der Waals surface area (Å²) in [5.74, 6) is 0. The van der Waals surface area contributed by atoms with Crippen molar-refractivity contribution in [2.24, 2.45) is 0 Å². The number of hydrogen-bond donors (Lipinski definition) is 1. The molecule has 4 nitrogen and oxygen atoms in total. The zero-order valence-corrected chi connectivity index (χ0v) is 11.2. The molecule has 0 atom stereocenters. The van der Waals surface area contributed by atoms with Gasteiger partial charge in [-0.15, -0.1) is 0 Å². The van der Waals surface area contributed by atoms with Gasteiger partial charge in [0, 0.05) is 6.26 Å². The summed E-state index contributed by atoms with van der Waals surface area (Å²) >= 11 is 0. The first-order valence-corrected chi connectivity index (χ1v) is 7.41. The molecule has 0 amide bonds. The van der Waals surface area contributed by atoms with Gasteiger partial charge < -0.3 is 9.45 Å². The van der Waals surface area contributed by atoms with E-state index >= 15 is 0 Å². The molecule has 0 fully saturated rings. The lowest BCUT2D eigenvalue weighted by Gasteiger charge is -2.16. The van der Waals surface area contributed by atoms with Gasteiger partial charge in [-0.3, -0.25) is 0 Å². The molecule has 0 aliphatic rings. The Morgan fingerprint density at radius 3 is 1.27 bits per heavy atom. The van der Waals surface area contributed by atoms with Crippen molar-refractivity contribution in [2.45, 2.75) is 40.0 Å². The second kappa shape index (κ2) is 10.4. The van der Waals surface area contributed by atoms with Crippen molar-refractivity contribution in [3.8, 4) is 0 Å². The highest BCUT2D eigenvalue weighted by atomic mass is 32.2. The van der Waals surface area contributed by atoms with Crippen LogP contribution >= 0.6 is 0 Å². The minimum Gasteiger partial charge on any atom is -0.748 e. The zero-order valence-electron chi connectivity index (χ0n) is 10.4. The van der Waals surface area contributed by atoms with Crippen molar-refractivity contribution in [1.82, 2.24) is 0 Å². The number of rotatable bonds is 6. The topological polar surface area (TPSA) is 61.6 Å². The highest BCUT2D eigenvalue weighted by Crippen LogP contribution is 1.71. The molecule has 0 aromatic rings. The van der Waals surface area contributed by atoms with Crippen molar-refractivity contribution >= 4 is 10.1 Å². The van der Waals surface area contributed by atoms with Crippen LogP contribution in [0.5, 0.6) is 0 Å². The summed E-state index contributed by atoms with van der Waals surface area (Å²) in [6.07, 6.45) is 4.59. The predicted octanol–water partition coefficient (Wildman–Crippen LogP) is 0.263. The van der Waals surface area contributed by atoms with Crippen LogP contribution in [-0.4, -0.2) is 38.9 Å². The first-order valence-electron chi connectivity index (χ1n) is 5.59. The Kier molecular flexibility index (Phi) is 12.0. The lowest BCUT2D eigenvalue weighted by atomic mass is 10.3. The molecule has 0 radical (unpaired) electrons. The lowest BCUT2D eigenvalue weighted by molar-refractivity contribution is -0.900. The number of hydrogen-bond acceptors (Lipinski definition) is 3. The van der Waals surface area contributed by atoms with Gasteiger partial charge in [0.2, 0.25) is 0 Å². The van der Waals surface area contributed by atoms with Gasteiger partial charge in [-0.2, -0.15) is 0 Å². The van der Waals surface area contributed by atoms with E-state index in [4.69, 9.17) is 13.0 Å². The van der Waals surface area contributed by atoms with Gasteiger partial charge in [-0.05, 0) is 19.3 Å². The van der Waals surface area contributed by atoms with Crippen molar-refractivity contribution in [2.75, 3.05) is 25.9 Å². The van der Waals surface area contributed by atoms with E-state index in [9.17, 15) is 0 Å². The van der Waals surface area contributed by atoms with E-state index < -0.39 is 10.1 Å². The minimum atomic E-state index is -3.92. The maximum atomic E-state index is 9.08. The second-order valence-electron chi connectivity index (χ2n) is 3.70. The molecular weight excluding hydrogens is 214 g/mol. The van der Waals surface area contributed by atoms with Gasteiger partial charge >= 0.3 is 0 Å². The molecule has 0 saturated carbocycles. The molecule has 0 aromatic carbocycles. The molecule has 0 saturated heterocycles. The average molecular weight is 239 g/mol. The van der Waals surface area contributed by atoms with Gasteiger partial charge in [0.1, 0.15) is 0 Å². The van der Waals surface area contributed by atoms with Crippen LogP contribution in [0.3, 0.4) is 0 Å². The summed E-state index contributed by atoms with van der Waals surface area (Å²) in [4.78, 5) is 1.78. The van der Waals surface area contributed by atoms with E-state index in [0.717, 1.165) is 0 Å². The first-order chi connectivity index (χ1) is 6.85. The Bertz CT molecular complexity index is 192. The standard InChI is InChI=1S/C9H21N.CH4O3S/c1-4-7-10(8-5-2)9-6-3;1-5(2,3)4/h4-9H2,1-3H3;1H3,(H,2,3,4). The molecule has 94 valence electrons. The van der Waals surface area contributed by atoms with Gasteiger partial charge in [0.25, 0.3) is 0 Å². The molecule has 15 heavy (non-hydrogen) atoms. The summed E-state index contributed by atoms with van der Waals surface area (Å²) in [6.45, 7) is 10.9. The molecule has 0 rings (SSSR count). The molecule has 0 unspecified atom stereocenters. The molecule has 0 heterocycles. The predicted molar refractivity (Wildman–Crippen MR) is 62.1 cm³/mol. The third-order valence-corrected chi connectivity index (χ3v) is 1.81. The van der Waals surface area contributed by atoms with Crippen LogP contribution in [0.4, 0.5) is 0 Å². The zero-order chi connectivity index (χ0) is 12.3. The van der Waals surface area contributed by atoms with Gasteiger partial charge in [0.15, 0.2) is 0 Å². The summed E-state index contributed by atoms with van der Waals surface area (Å²) in [7, 11) is -3.92. The van der Waals surface area contributed by atoms with Crippen molar-refractivity contribution in [3.05, 3.63) is 0 Å². The SMILES string of the molecule is CCC[NH+](CCC)CCC.CS(=O)(=O)[O-]. The molecule has 0 aromatic heterocycles. The summed E-state index contributed by atoms with van der Waals surface area (Å²) in [6, 6.07) is 0. The number of quaternary nitrogens is 1. The highest BCUT2D eigenvalue weighted by molar-refractivity contribution is 7.84. The molecule has 0 spiro atoms. The fourth-order valence-electron chi connectivity index (χ4n) is 1.44. The largest absolute Gasteiger partial charge is 0.748 e. The van der Waals surface area contributed by atoms with Crippen LogP contribution in [0.15, 0.2) is 0 Å². The average Bonchev–Trinajstić information content (AvgIpc) is 2.02. The Morgan fingerprint density at radius 2 is 1.13 bits per heavy atom. The van der Waals surface area contributed by atoms with Crippen LogP contribution in [0, 0.1) is 0 Å². The Labute approximate surface area is 94.4 Å². The van der Waals surface area contributed by atoms with E-state index in [1.54, 1.807) is 4.90 Å². The number of nitrogens with one attached hydrogen (secondary N) is 1. The van der Waals surface area contributed by atoms with E-state index in [0.29, 0.717) is 6.26 Å². The van der Waals surface area contributed by atoms with E-state index in [1.165, 1.54) is 38.9 Å². The molecule has 1 N–H and O–H groups in total. The molecule has 0 bridgehead atoms. The van der Waals surface area contributed by atoms with E-state index in [1.807, 2.05) is 0 Å². The van der Waals surface area contributed by atoms with Crippen molar-refractivity contribution in [3.63, 3.8) is 0 Å². The van der Waals surface area contributed by atoms with Crippen LogP contribution < -0.4 is 4.90 Å². The molecule has 5 heteroatoms. The Morgan fingerprint density at radius 1 is 0.933 bits per heavy atom. The smallest absolute Gasteiger partial charge is 0.0916 e. The van der Waals surface area contributed by atoms with Gasteiger partial charge in [0.05, 0.1) is 29.8 Å². The Balaban J connectivity index is 0. The fourth-order valence-corrected chi connectivity index (χ4v) is 1.44. The van der Waals surface area contributed by atoms with Crippen molar-refractivity contribution < 1.29 is 17.9 Å². The first kappa shape index (κ1) is 17.3. The molecular formula is C10H25NO3S. The summed E-state index contributed by atoms with van der Waals surface area (Å²) in [5, 5.41) is 0. The van der Waals surface area contributed by atoms with Crippen LogP contribution in [0.2, 0.25) is 0 Å². The van der Waals surface area contributed by atoms with Crippen molar-refractivity contribution in [1.29, 1.82) is 0 Å².